The number of methoxy groups -OCH3 is 2. The summed E-state index contributed by atoms with van der Waals surface area (Å²) in [7, 11) is 3.25. The third kappa shape index (κ3) is 5.33. The number of ether oxygens (including phenoxy) is 2. The number of rotatable bonds is 7. The Morgan fingerprint density at radius 1 is 0.838 bits per heavy atom. The van der Waals surface area contributed by atoms with Gasteiger partial charge >= 0.3 is 0 Å². The van der Waals surface area contributed by atoms with Crippen molar-refractivity contribution in [2.75, 3.05) is 32.2 Å². The van der Waals surface area contributed by atoms with Crippen LogP contribution in [0, 0.1) is 11.8 Å². The molecule has 2 heterocycles. The van der Waals surface area contributed by atoms with Gasteiger partial charge < -0.3 is 19.3 Å². The van der Waals surface area contributed by atoms with Gasteiger partial charge in [-0.05, 0) is 72.7 Å². The summed E-state index contributed by atoms with van der Waals surface area (Å²) in [5.41, 5.74) is 3.05. The smallest absolute Gasteiger partial charge is 0.228 e. The molecule has 0 aromatic heterocycles. The van der Waals surface area contributed by atoms with Crippen molar-refractivity contribution in [3.8, 4) is 11.5 Å². The number of anilines is 1. The van der Waals surface area contributed by atoms with Crippen molar-refractivity contribution >= 4 is 17.5 Å². The molecule has 37 heavy (non-hydrogen) atoms. The Kier molecular flexibility index (Phi) is 7.45. The molecule has 2 saturated heterocycles. The molecule has 2 amide bonds. The van der Waals surface area contributed by atoms with Crippen LogP contribution in [0.1, 0.15) is 36.4 Å². The molecular weight excluding hydrogens is 464 g/mol. The van der Waals surface area contributed by atoms with Crippen molar-refractivity contribution in [1.29, 1.82) is 0 Å². The summed E-state index contributed by atoms with van der Waals surface area (Å²) >= 11 is 0. The molecule has 2 fully saturated rings. The lowest BCUT2D eigenvalue weighted by Crippen LogP contribution is -2.43. The first-order chi connectivity index (χ1) is 18.1. The van der Waals surface area contributed by atoms with E-state index in [0.29, 0.717) is 5.92 Å². The summed E-state index contributed by atoms with van der Waals surface area (Å²) in [6, 6.07) is 25.4. The zero-order chi connectivity index (χ0) is 25.8. The summed E-state index contributed by atoms with van der Waals surface area (Å²) < 4.78 is 10.6. The van der Waals surface area contributed by atoms with Crippen LogP contribution in [0.25, 0.3) is 0 Å². The molecule has 0 bridgehead atoms. The normalized spacial score (nSPS) is 20.2. The fraction of sp³-hybridized carbons (Fsp3) is 0.355. The Hall–Kier alpha value is -3.80. The van der Waals surface area contributed by atoms with Crippen LogP contribution in [0.4, 0.5) is 5.69 Å². The summed E-state index contributed by atoms with van der Waals surface area (Å²) in [4.78, 5) is 31.0. The maximum atomic E-state index is 13.9. The standard InChI is InChI=1S/C31H34N2O4/c1-36-26-12-8-24(9-13-26)30-28(21-29(34)33(30)25-10-14-27(37-2)15-11-25)31(35)32-18-16-23(17-19-32)20-22-6-4-3-5-7-22/h3-15,23,28,30H,16-21H2,1-2H3/t28-,30+/m0/s1. The van der Waals surface area contributed by atoms with Gasteiger partial charge in [-0.15, -0.1) is 0 Å². The Morgan fingerprint density at radius 3 is 2.03 bits per heavy atom. The van der Waals surface area contributed by atoms with E-state index in [1.165, 1.54) is 5.56 Å². The molecule has 192 valence electrons. The molecule has 0 spiro atoms. The van der Waals surface area contributed by atoms with Gasteiger partial charge in [-0.25, -0.2) is 0 Å². The van der Waals surface area contributed by atoms with E-state index in [4.69, 9.17) is 9.47 Å². The molecule has 2 aliphatic heterocycles. The maximum Gasteiger partial charge on any atom is 0.228 e. The lowest BCUT2D eigenvalue weighted by molar-refractivity contribution is -0.138. The first-order valence-corrected chi connectivity index (χ1v) is 13.0. The quantitative estimate of drug-likeness (QED) is 0.445. The van der Waals surface area contributed by atoms with Crippen molar-refractivity contribution in [3.05, 3.63) is 90.0 Å². The summed E-state index contributed by atoms with van der Waals surface area (Å²) in [5.74, 6) is 1.64. The highest BCUT2D eigenvalue weighted by Crippen LogP contribution is 2.43. The van der Waals surface area contributed by atoms with Crippen LogP contribution in [0.5, 0.6) is 11.5 Å². The molecule has 6 heteroatoms. The molecule has 2 atom stereocenters. The van der Waals surface area contributed by atoms with E-state index >= 15 is 0 Å². The topological polar surface area (TPSA) is 59.1 Å². The van der Waals surface area contributed by atoms with Gasteiger partial charge in [0.15, 0.2) is 0 Å². The average Bonchev–Trinajstić information content (AvgIpc) is 3.30. The van der Waals surface area contributed by atoms with E-state index in [9.17, 15) is 9.59 Å². The van der Waals surface area contributed by atoms with E-state index < -0.39 is 5.92 Å². The molecule has 0 radical (unpaired) electrons. The number of carbonyl (C=O) groups excluding carboxylic acids is 2. The van der Waals surface area contributed by atoms with Crippen LogP contribution in [0.3, 0.4) is 0 Å². The maximum absolute atomic E-state index is 13.9. The number of likely N-dealkylation sites (tertiary alicyclic amines) is 1. The van der Waals surface area contributed by atoms with Crippen LogP contribution in [-0.4, -0.2) is 44.0 Å². The van der Waals surface area contributed by atoms with Gasteiger partial charge in [0, 0.05) is 25.2 Å². The molecule has 0 saturated carbocycles. The minimum Gasteiger partial charge on any atom is -0.497 e. The molecule has 0 aliphatic carbocycles. The van der Waals surface area contributed by atoms with Crippen LogP contribution in [0.15, 0.2) is 78.9 Å². The minimum atomic E-state index is -0.436. The molecule has 0 unspecified atom stereocenters. The number of piperidine rings is 1. The largest absolute Gasteiger partial charge is 0.497 e. The highest BCUT2D eigenvalue weighted by molar-refractivity contribution is 6.01. The number of carbonyl (C=O) groups is 2. The van der Waals surface area contributed by atoms with Gasteiger partial charge in [0.25, 0.3) is 0 Å². The fourth-order valence-electron chi connectivity index (χ4n) is 5.72. The minimum absolute atomic E-state index is 0.0386. The Morgan fingerprint density at radius 2 is 1.43 bits per heavy atom. The summed E-state index contributed by atoms with van der Waals surface area (Å²) in [6.45, 7) is 1.47. The third-order valence-corrected chi connectivity index (χ3v) is 7.74. The van der Waals surface area contributed by atoms with Gasteiger partial charge in [-0.1, -0.05) is 42.5 Å². The number of amides is 2. The van der Waals surface area contributed by atoms with Crippen LogP contribution >= 0.6 is 0 Å². The number of hydrogen-bond acceptors (Lipinski definition) is 4. The predicted octanol–water partition coefficient (Wildman–Crippen LogP) is 5.28. The van der Waals surface area contributed by atoms with Crippen molar-refractivity contribution in [2.45, 2.75) is 31.7 Å². The van der Waals surface area contributed by atoms with Crippen molar-refractivity contribution in [2.24, 2.45) is 11.8 Å². The average molecular weight is 499 g/mol. The van der Waals surface area contributed by atoms with Gasteiger partial charge in [0.2, 0.25) is 11.8 Å². The number of hydrogen-bond donors (Lipinski definition) is 0. The molecule has 6 nitrogen and oxygen atoms in total. The van der Waals surface area contributed by atoms with Gasteiger partial charge in [0.05, 0.1) is 26.2 Å². The Bertz CT molecular complexity index is 1200. The van der Waals surface area contributed by atoms with Gasteiger partial charge in [-0.3, -0.25) is 9.59 Å². The Balaban J connectivity index is 1.36. The molecule has 3 aromatic carbocycles. The third-order valence-electron chi connectivity index (χ3n) is 7.74. The van der Waals surface area contributed by atoms with E-state index in [0.717, 1.165) is 55.1 Å². The molecule has 5 rings (SSSR count). The van der Waals surface area contributed by atoms with Crippen LogP contribution < -0.4 is 14.4 Å². The second-order valence-corrected chi connectivity index (χ2v) is 9.95. The monoisotopic (exact) mass is 498 g/mol. The highest BCUT2D eigenvalue weighted by Gasteiger charge is 2.46. The van der Waals surface area contributed by atoms with Crippen LogP contribution in [-0.2, 0) is 16.0 Å². The van der Waals surface area contributed by atoms with Crippen molar-refractivity contribution in [3.63, 3.8) is 0 Å². The zero-order valence-electron chi connectivity index (χ0n) is 21.5. The summed E-state index contributed by atoms with van der Waals surface area (Å²) in [6.07, 6.45) is 3.21. The molecule has 3 aromatic rings. The Labute approximate surface area is 218 Å². The SMILES string of the molecule is COc1ccc([C@@H]2[C@@H](C(=O)N3CCC(Cc4ccccc4)CC3)CC(=O)N2c2ccc(OC)cc2)cc1. The molecule has 2 aliphatic rings. The first kappa shape index (κ1) is 24.9. The lowest BCUT2D eigenvalue weighted by Gasteiger charge is -2.36. The molecule has 0 N–H and O–H groups in total. The van der Waals surface area contributed by atoms with Crippen molar-refractivity contribution in [1.82, 2.24) is 4.90 Å². The van der Waals surface area contributed by atoms with Gasteiger partial charge in [0.1, 0.15) is 11.5 Å². The highest BCUT2D eigenvalue weighted by atomic mass is 16.5. The fourth-order valence-corrected chi connectivity index (χ4v) is 5.72. The number of benzene rings is 3. The van der Waals surface area contributed by atoms with Crippen molar-refractivity contribution < 1.29 is 19.1 Å². The second kappa shape index (κ2) is 11.1. The molecular formula is C31H34N2O4. The van der Waals surface area contributed by atoms with E-state index in [1.807, 2.05) is 59.5 Å². The van der Waals surface area contributed by atoms with E-state index in [2.05, 4.69) is 24.3 Å². The second-order valence-electron chi connectivity index (χ2n) is 9.95. The zero-order valence-corrected chi connectivity index (χ0v) is 21.5. The van der Waals surface area contributed by atoms with E-state index in [-0.39, 0.29) is 24.3 Å². The van der Waals surface area contributed by atoms with E-state index in [1.54, 1.807) is 19.1 Å². The van der Waals surface area contributed by atoms with Crippen LogP contribution in [0.2, 0.25) is 0 Å². The summed E-state index contributed by atoms with van der Waals surface area (Å²) in [5, 5.41) is 0. The van der Waals surface area contributed by atoms with Gasteiger partial charge in [-0.2, -0.15) is 0 Å². The predicted molar refractivity (Wildman–Crippen MR) is 144 cm³/mol. The number of nitrogens with zero attached hydrogens (tertiary/aromatic N) is 2. The lowest BCUT2D eigenvalue weighted by atomic mass is 9.88. The first-order valence-electron chi connectivity index (χ1n) is 13.0.